The van der Waals surface area contributed by atoms with Crippen molar-refractivity contribution in [1.82, 2.24) is 10.2 Å². The fourth-order valence-corrected chi connectivity index (χ4v) is 5.46. The molecule has 0 heterocycles. The second-order valence-corrected chi connectivity index (χ2v) is 11.3. The fraction of sp³-hybridized carbons (Fsp3) is 0.310. The van der Waals surface area contributed by atoms with Crippen molar-refractivity contribution >= 4 is 27.5 Å². The smallest absolute Gasteiger partial charge is 0.264 e. The van der Waals surface area contributed by atoms with Gasteiger partial charge in [-0.05, 0) is 63.6 Å². The fourth-order valence-electron chi connectivity index (χ4n) is 4.03. The molecule has 10 heteroatoms. The maximum atomic E-state index is 14.6. The third kappa shape index (κ3) is 7.14. The number of nitrogens with one attached hydrogen (secondary N) is 1. The highest BCUT2D eigenvalue weighted by Gasteiger charge is 2.34. The molecule has 0 spiro atoms. The summed E-state index contributed by atoms with van der Waals surface area (Å²) in [6, 6.07) is 17.5. The Morgan fingerprint density at radius 3 is 2.23 bits per heavy atom. The van der Waals surface area contributed by atoms with E-state index in [2.05, 4.69) is 5.32 Å². The normalized spacial score (nSPS) is 12.1. The van der Waals surface area contributed by atoms with Gasteiger partial charge < -0.3 is 15.0 Å². The highest BCUT2D eigenvalue weighted by atomic mass is 32.2. The molecule has 0 aliphatic rings. The second-order valence-electron chi connectivity index (χ2n) is 9.45. The van der Waals surface area contributed by atoms with Crippen LogP contribution in [-0.4, -0.2) is 50.9 Å². The van der Waals surface area contributed by atoms with E-state index in [9.17, 15) is 22.4 Å². The number of benzene rings is 3. The number of aryl methyl sites for hydroxylation is 1. The molecule has 39 heavy (non-hydrogen) atoms. The van der Waals surface area contributed by atoms with Gasteiger partial charge in [-0.25, -0.2) is 12.8 Å². The molecule has 0 radical (unpaired) electrons. The quantitative estimate of drug-likeness (QED) is 0.381. The first-order valence-corrected chi connectivity index (χ1v) is 14.0. The lowest BCUT2D eigenvalue weighted by Crippen LogP contribution is -2.52. The average Bonchev–Trinajstić information content (AvgIpc) is 2.90. The Kier molecular flexibility index (Phi) is 9.69. The van der Waals surface area contributed by atoms with Gasteiger partial charge in [-0.15, -0.1) is 0 Å². The van der Waals surface area contributed by atoms with E-state index in [1.54, 1.807) is 63.2 Å². The van der Waals surface area contributed by atoms with Gasteiger partial charge in [-0.3, -0.25) is 13.9 Å². The largest absolute Gasteiger partial charge is 0.495 e. The van der Waals surface area contributed by atoms with Crippen LogP contribution in [0.3, 0.4) is 0 Å². The number of amides is 2. The molecular weight excluding hydrogens is 521 g/mol. The number of carbonyl (C=O) groups is 2. The van der Waals surface area contributed by atoms with Crippen molar-refractivity contribution in [2.24, 2.45) is 0 Å². The van der Waals surface area contributed by atoms with Crippen LogP contribution in [0, 0.1) is 12.7 Å². The summed E-state index contributed by atoms with van der Waals surface area (Å²) >= 11 is 0. The highest BCUT2D eigenvalue weighted by Crippen LogP contribution is 2.33. The van der Waals surface area contributed by atoms with E-state index in [1.807, 2.05) is 0 Å². The van der Waals surface area contributed by atoms with Gasteiger partial charge in [0.2, 0.25) is 11.8 Å². The molecular formula is C29H34FN3O5S. The predicted octanol–water partition coefficient (Wildman–Crippen LogP) is 4.28. The number of sulfonamides is 1. The first-order valence-electron chi connectivity index (χ1n) is 12.5. The zero-order chi connectivity index (χ0) is 28.7. The summed E-state index contributed by atoms with van der Waals surface area (Å²) in [5, 5.41) is 2.77. The van der Waals surface area contributed by atoms with Crippen molar-refractivity contribution in [3.63, 3.8) is 0 Å². The van der Waals surface area contributed by atoms with Gasteiger partial charge in [-0.1, -0.05) is 42.5 Å². The molecule has 2 amide bonds. The summed E-state index contributed by atoms with van der Waals surface area (Å²) in [6.45, 7) is 6.01. The number of ether oxygens (including phenoxy) is 1. The molecule has 0 aromatic heterocycles. The predicted molar refractivity (Wildman–Crippen MR) is 148 cm³/mol. The van der Waals surface area contributed by atoms with Crippen molar-refractivity contribution in [2.75, 3.05) is 18.0 Å². The maximum Gasteiger partial charge on any atom is 0.264 e. The van der Waals surface area contributed by atoms with Gasteiger partial charge in [0.05, 0.1) is 17.7 Å². The minimum Gasteiger partial charge on any atom is -0.495 e. The van der Waals surface area contributed by atoms with Crippen LogP contribution in [0.25, 0.3) is 0 Å². The second kappa shape index (κ2) is 12.8. The van der Waals surface area contributed by atoms with Crippen molar-refractivity contribution in [3.05, 3.63) is 89.7 Å². The van der Waals surface area contributed by atoms with Crippen LogP contribution >= 0.6 is 0 Å². The number of nitrogens with zero attached hydrogens (tertiary/aromatic N) is 2. The number of anilines is 1. The minimum absolute atomic E-state index is 0.0207. The standard InChI is InChI=1S/C29H34FN3O5S/c1-20(2)31-29(35)22(4)32(18-23-11-9-10-14-25(23)30)28(34)19-33(26-17-21(3)15-16-27(26)38-5)39(36,37)24-12-7-6-8-13-24/h6-17,20,22H,18-19H2,1-5H3,(H,31,35)/t22-/m0/s1. The van der Waals surface area contributed by atoms with E-state index < -0.39 is 40.2 Å². The number of hydrogen-bond acceptors (Lipinski definition) is 5. The molecule has 8 nitrogen and oxygen atoms in total. The molecule has 0 saturated heterocycles. The Labute approximate surface area is 229 Å². The zero-order valence-corrected chi connectivity index (χ0v) is 23.5. The molecule has 1 atom stereocenters. The summed E-state index contributed by atoms with van der Waals surface area (Å²) in [4.78, 5) is 28.0. The lowest BCUT2D eigenvalue weighted by Gasteiger charge is -2.32. The number of halogens is 1. The van der Waals surface area contributed by atoms with Gasteiger partial charge in [0.25, 0.3) is 10.0 Å². The van der Waals surface area contributed by atoms with E-state index >= 15 is 0 Å². The molecule has 3 aromatic rings. The van der Waals surface area contributed by atoms with Crippen LogP contribution in [0.1, 0.15) is 31.9 Å². The van der Waals surface area contributed by atoms with Crippen LogP contribution in [0.4, 0.5) is 10.1 Å². The maximum absolute atomic E-state index is 14.6. The lowest BCUT2D eigenvalue weighted by molar-refractivity contribution is -0.139. The number of rotatable bonds is 11. The number of carbonyl (C=O) groups excluding carboxylic acids is 2. The molecule has 0 bridgehead atoms. The molecule has 0 aliphatic heterocycles. The van der Waals surface area contributed by atoms with Crippen LogP contribution in [0.5, 0.6) is 5.75 Å². The molecule has 208 valence electrons. The summed E-state index contributed by atoms with van der Waals surface area (Å²) in [6.07, 6.45) is 0. The van der Waals surface area contributed by atoms with Gasteiger partial charge in [0.1, 0.15) is 24.2 Å². The molecule has 1 N–H and O–H groups in total. The highest BCUT2D eigenvalue weighted by molar-refractivity contribution is 7.92. The molecule has 0 fully saturated rings. The Hall–Kier alpha value is -3.92. The van der Waals surface area contributed by atoms with Crippen molar-refractivity contribution in [1.29, 1.82) is 0 Å². The van der Waals surface area contributed by atoms with Gasteiger partial charge >= 0.3 is 0 Å². The van der Waals surface area contributed by atoms with Crippen LogP contribution in [-0.2, 0) is 26.2 Å². The van der Waals surface area contributed by atoms with E-state index in [0.717, 1.165) is 9.87 Å². The van der Waals surface area contributed by atoms with Crippen molar-refractivity contribution in [2.45, 2.75) is 51.2 Å². The average molecular weight is 556 g/mol. The van der Waals surface area contributed by atoms with E-state index in [1.165, 1.54) is 49.3 Å². The van der Waals surface area contributed by atoms with Crippen molar-refractivity contribution < 1.29 is 27.1 Å². The monoisotopic (exact) mass is 555 g/mol. The molecule has 0 aliphatic carbocycles. The third-order valence-corrected chi connectivity index (χ3v) is 7.88. The SMILES string of the molecule is COc1ccc(C)cc1N(CC(=O)N(Cc1ccccc1F)[C@@H](C)C(=O)NC(C)C)S(=O)(=O)c1ccccc1. The summed E-state index contributed by atoms with van der Waals surface area (Å²) < 4.78 is 48.8. The zero-order valence-electron chi connectivity index (χ0n) is 22.7. The Balaban J connectivity index is 2.10. The lowest BCUT2D eigenvalue weighted by atomic mass is 10.1. The summed E-state index contributed by atoms with van der Waals surface area (Å²) in [5.41, 5.74) is 1.11. The Morgan fingerprint density at radius 2 is 1.62 bits per heavy atom. The Bertz CT molecular complexity index is 1410. The number of methoxy groups -OCH3 is 1. The first kappa shape index (κ1) is 29.6. The number of hydrogen-bond donors (Lipinski definition) is 1. The van der Waals surface area contributed by atoms with Gasteiger partial charge in [-0.2, -0.15) is 0 Å². The Morgan fingerprint density at radius 1 is 0.974 bits per heavy atom. The first-order chi connectivity index (χ1) is 18.4. The van der Waals surface area contributed by atoms with Gasteiger partial charge in [0.15, 0.2) is 0 Å². The van der Waals surface area contributed by atoms with Crippen LogP contribution in [0.15, 0.2) is 77.7 Å². The van der Waals surface area contributed by atoms with Crippen molar-refractivity contribution in [3.8, 4) is 5.75 Å². The molecule has 0 saturated carbocycles. The van der Waals surface area contributed by atoms with E-state index in [0.29, 0.717) is 0 Å². The molecule has 3 aromatic carbocycles. The van der Waals surface area contributed by atoms with Gasteiger partial charge in [0, 0.05) is 18.2 Å². The van der Waals surface area contributed by atoms with Crippen LogP contribution in [0.2, 0.25) is 0 Å². The van der Waals surface area contributed by atoms with E-state index in [-0.39, 0.29) is 34.5 Å². The third-order valence-electron chi connectivity index (χ3n) is 6.11. The topological polar surface area (TPSA) is 96.0 Å². The minimum atomic E-state index is -4.25. The van der Waals surface area contributed by atoms with Crippen LogP contribution < -0.4 is 14.4 Å². The van der Waals surface area contributed by atoms with E-state index in [4.69, 9.17) is 4.74 Å². The summed E-state index contributed by atoms with van der Waals surface area (Å²) in [5.74, 6) is -1.42. The molecule has 3 rings (SSSR count). The summed E-state index contributed by atoms with van der Waals surface area (Å²) in [7, 11) is -2.84. The molecule has 0 unspecified atom stereocenters.